The van der Waals surface area contributed by atoms with Gasteiger partial charge in [0.2, 0.25) is 0 Å². The van der Waals surface area contributed by atoms with Gasteiger partial charge in [-0.25, -0.2) is 43.7 Å². The van der Waals surface area contributed by atoms with E-state index in [4.69, 9.17) is 43.9 Å². The first-order chi connectivity index (χ1) is 67.3. The van der Waals surface area contributed by atoms with Crippen LogP contribution in [0.3, 0.4) is 0 Å². The summed E-state index contributed by atoms with van der Waals surface area (Å²) < 4.78 is 46.0. The number of aromatic amines is 1. The molecule has 0 aliphatic rings. The number of aromatic nitrogens is 11. The molecule has 19 heteroatoms. The molecule has 18 nitrogen and oxygen atoms in total. The lowest BCUT2D eigenvalue weighted by molar-refractivity contribution is 0.0521. The van der Waals surface area contributed by atoms with Crippen molar-refractivity contribution < 1.29 is 37.7 Å². The molecule has 0 atom stereocenters. The van der Waals surface area contributed by atoms with Gasteiger partial charge in [0.1, 0.15) is 17.3 Å². The van der Waals surface area contributed by atoms with E-state index in [1.165, 1.54) is 84.8 Å². The van der Waals surface area contributed by atoms with Crippen molar-refractivity contribution in [2.75, 3.05) is 27.4 Å². The van der Waals surface area contributed by atoms with Crippen LogP contribution in [0.2, 0.25) is 0 Å². The number of carbonyl (C=O) groups is 3. The summed E-state index contributed by atoms with van der Waals surface area (Å²) in [4.78, 5) is 66.9. The minimum absolute atomic E-state index is 0.282. The maximum Gasteiger partial charge on any atom is 0.340 e. The minimum Gasteiger partial charge on any atom is -0.496 e. The standard InChI is InChI=1S/C26H22N2O3.C25H16N2.C24H17FN2O2.C22H16N2.C21H15N3O2/c1-4-31-26(29)23-20-11-7-8-14-28(20)25-22(23)18-9-5-6-10-19(18)27-24(25)17-13-12-16(2)21(15-17)30-3;1-2-11-19-17(8-1)9-7-13-21(19)24-25-22(16-18-10-5-6-15-27(18)25)20-12-3-4-14-23(20)26-24;1-2-29-24(28)21-19-12-5-6-13-27(19)23-20(21)17-10-3-4-11-18(17)26-22(23)15-8-7-9-16(25)14-15;1-15-9-11-16(12-10-15)21-22-19(14-17-6-4-5-13-24(17)22)18-7-2-3-8-20(18)23-21;1-26-21(25)18-16-10-4-5-12-24(16)20-17(18)13-7-2-3-8-14(13)23-19(20)15-9-6-11-22-15/h5-15H,4H2,1-3H3;1-16H;3-14H,2H2,1H3;2-14H,1H3;2-12,22H,1H3. The molecule has 0 amide bonds. The van der Waals surface area contributed by atoms with Crippen LogP contribution in [0.4, 0.5) is 4.39 Å². The smallest absolute Gasteiger partial charge is 0.340 e. The Morgan fingerprint density at radius 3 is 1.20 bits per heavy atom. The monoisotopic (exact) mass is 1790 g/mol. The molecule has 0 saturated heterocycles. The van der Waals surface area contributed by atoms with E-state index >= 15 is 0 Å². The van der Waals surface area contributed by atoms with Crippen LogP contribution in [0.5, 0.6) is 5.75 Å². The zero-order chi connectivity index (χ0) is 93.1. The molecule has 137 heavy (non-hydrogen) atoms. The predicted molar refractivity (Wildman–Crippen MR) is 549 cm³/mol. The Kier molecular flexibility index (Phi) is 22.0. The largest absolute Gasteiger partial charge is 0.496 e. The van der Waals surface area contributed by atoms with Crippen molar-refractivity contribution in [2.24, 2.45) is 0 Å². The number of benzene rings is 10. The number of aryl methyl sites for hydroxylation is 2. The van der Waals surface area contributed by atoms with E-state index in [0.717, 1.165) is 144 Å². The van der Waals surface area contributed by atoms with Gasteiger partial charge in [-0.3, -0.25) is 0 Å². The normalized spacial score (nSPS) is 11.5. The van der Waals surface area contributed by atoms with Crippen molar-refractivity contribution in [1.29, 1.82) is 0 Å². The number of esters is 3. The summed E-state index contributed by atoms with van der Waals surface area (Å²) in [6.07, 6.45) is 11.9. The third-order valence-electron chi connectivity index (χ3n) is 25.4. The SMILES string of the molecule is CCOC(=O)c1c2c3ccccc3nc(-c3ccc(C)c(OC)c3)c2n2ccccc12.CCOC(=O)c1c2c3ccccc3nc(-c3cccc(F)c3)c2n2ccccc12.COC(=O)c1c2c3ccccc3nc(-c3ccc[nH]3)c2n2ccccc12.Cc1ccc(-c2nc3ccccc3c3cc4ccccn4c23)cc1.c1ccc2c(-c3nc4ccccc4c4cc5ccccn5c34)cccc2c1. The highest BCUT2D eigenvalue weighted by atomic mass is 19.1. The number of pyridine rings is 10. The van der Waals surface area contributed by atoms with Gasteiger partial charge in [0.25, 0.3) is 0 Å². The second-order valence-corrected chi connectivity index (χ2v) is 33.5. The number of methoxy groups -OCH3 is 2. The third-order valence-corrected chi connectivity index (χ3v) is 25.4. The highest BCUT2D eigenvalue weighted by Crippen LogP contribution is 2.45. The van der Waals surface area contributed by atoms with E-state index < -0.39 is 0 Å². The number of nitrogens with zero attached hydrogens (tertiary/aromatic N) is 10. The molecule has 26 rings (SSSR count). The summed E-state index contributed by atoms with van der Waals surface area (Å²) in [5, 5.41) is 12.5. The van der Waals surface area contributed by atoms with Gasteiger partial charge in [-0.05, 0) is 177 Å². The van der Waals surface area contributed by atoms with Crippen molar-refractivity contribution in [3.63, 3.8) is 0 Å². The van der Waals surface area contributed by atoms with Crippen LogP contribution < -0.4 is 4.74 Å². The number of ether oxygens (including phenoxy) is 4. The second-order valence-electron chi connectivity index (χ2n) is 33.5. The summed E-state index contributed by atoms with van der Waals surface area (Å²) >= 11 is 0. The fraction of sp³-hybridized carbons (Fsp3) is 0.0678. The van der Waals surface area contributed by atoms with Crippen LogP contribution in [0.1, 0.15) is 56.0 Å². The number of carbonyl (C=O) groups excluding carboxylic acids is 3. The molecular formula is C118H86FN11O7. The van der Waals surface area contributed by atoms with Gasteiger partial charge in [0.05, 0.1) is 144 Å². The molecule has 0 aliphatic carbocycles. The maximum absolute atomic E-state index is 14.0. The number of para-hydroxylation sites is 5. The van der Waals surface area contributed by atoms with Gasteiger partial charge in [0, 0.05) is 124 Å². The zero-order valence-electron chi connectivity index (χ0n) is 75.5. The highest BCUT2D eigenvalue weighted by Gasteiger charge is 2.30. The lowest BCUT2D eigenvalue weighted by Gasteiger charge is -2.11. The summed E-state index contributed by atoms with van der Waals surface area (Å²) in [5.41, 5.74) is 27.1. The number of nitrogens with one attached hydrogen (secondary N) is 1. The lowest BCUT2D eigenvalue weighted by atomic mass is 9.99. The van der Waals surface area contributed by atoms with Gasteiger partial charge in [-0.2, -0.15) is 0 Å². The Bertz CT molecular complexity index is 9310. The van der Waals surface area contributed by atoms with Gasteiger partial charge in [-0.15, -0.1) is 0 Å². The number of halogens is 1. The molecule has 16 heterocycles. The lowest BCUT2D eigenvalue weighted by Crippen LogP contribution is -2.04. The van der Waals surface area contributed by atoms with Gasteiger partial charge in [0.15, 0.2) is 0 Å². The molecule has 26 aromatic rings. The molecule has 10 aromatic carbocycles. The molecule has 0 radical (unpaired) electrons. The number of hydrogen-bond donors (Lipinski definition) is 1. The fourth-order valence-corrected chi connectivity index (χ4v) is 19.4. The van der Waals surface area contributed by atoms with E-state index in [9.17, 15) is 18.8 Å². The second kappa shape index (κ2) is 35.6. The Balaban J connectivity index is 0.0000000992. The summed E-state index contributed by atoms with van der Waals surface area (Å²) in [6.45, 7) is 8.33. The molecule has 0 unspecified atom stereocenters. The first kappa shape index (κ1) is 84.6. The average molecular weight is 1790 g/mol. The first-order valence-corrected chi connectivity index (χ1v) is 45.4. The summed E-state index contributed by atoms with van der Waals surface area (Å²) in [6, 6.07) is 115. The van der Waals surface area contributed by atoms with Crippen LogP contribution in [-0.4, -0.2) is 97.2 Å². The molecule has 1 N–H and O–H groups in total. The van der Waals surface area contributed by atoms with E-state index in [2.05, 4.69) is 197 Å². The van der Waals surface area contributed by atoms with E-state index in [0.29, 0.717) is 34.6 Å². The molecule has 0 bridgehead atoms. The Hall–Kier alpha value is -18.0. The predicted octanol–water partition coefficient (Wildman–Crippen LogP) is 27.9. The number of rotatable bonds is 11. The van der Waals surface area contributed by atoms with Gasteiger partial charge < -0.3 is 45.9 Å². The highest BCUT2D eigenvalue weighted by molar-refractivity contribution is 6.26. The van der Waals surface area contributed by atoms with Crippen molar-refractivity contribution >= 4 is 165 Å². The van der Waals surface area contributed by atoms with Crippen LogP contribution in [-0.2, 0) is 14.2 Å². The Morgan fingerprint density at radius 2 is 0.723 bits per heavy atom. The molecule has 662 valence electrons. The quantitative estimate of drug-likeness (QED) is 0.0954. The van der Waals surface area contributed by atoms with Crippen molar-refractivity contribution in [1.82, 2.24) is 51.9 Å². The van der Waals surface area contributed by atoms with Crippen LogP contribution >= 0.6 is 0 Å². The van der Waals surface area contributed by atoms with Gasteiger partial charge in [-0.1, -0.05) is 218 Å². The fourth-order valence-electron chi connectivity index (χ4n) is 19.4. The molecule has 0 fully saturated rings. The molecule has 0 saturated carbocycles. The molecule has 0 spiro atoms. The van der Waals surface area contributed by atoms with Crippen LogP contribution in [0.25, 0.3) is 204 Å². The first-order valence-electron chi connectivity index (χ1n) is 45.4. The van der Waals surface area contributed by atoms with Crippen molar-refractivity contribution in [2.45, 2.75) is 27.7 Å². The minimum atomic E-state index is -0.382. The number of fused-ring (bicyclic) bond motifs is 26. The van der Waals surface area contributed by atoms with E-state index in [-0.39, 0.29) is 30.3 Å². The van der Waals surface area contributed by atoms with E-state index in [1.807, 2.05) is 216 Å². The van der Waals surface area contributed by atoms with Crippen molar-refractivity contribution in [3.05, 3.63) is 417 Å². The molecule has 0 aliphatic heterocycles. The topological polar surface area (TPSA) is 190 Å². The number of hydrogen-bond acceptors (Lipinski definition) is 12. The molecule has 16 aromatic heterocycles. The summed E-state index contributed by atoms with van der Waals surface area (Å²) in [5.74, 6) is -0.598. The summed E-state index contributed by atoms with van der Waals surface area (Å²) in [7, 11) is 3.08. The average Bonchev–Trinajstić information content (AvgIpc) is 1.56. The Labute approximate surface area is 783 Å². The Morgan fingerprint density at radius 1 is 0.328 bits per heavy atom. The van der Waals surface area contributed by atoms with E-state index in [1.54, 1.807) is 20.1 Å². The zero-order valence-corrected chi connectivity index (χ0v) is 75.5. The van der Waals surface area contributed by atoms with Gasteiger partial charge >= 0.3 is 17.9 Å². The number of H-pyrrole nitrogens is 1. The third kappa shape index (κ3) is 14.9. The van der Waals surface area contributed by atoms with Crippen LogP contribution in [0.15, 0.2) is 383 Å². The van der Waals surface area contributed by atoms with Crippen molar-refractivity contribution in [3.8, 4) is 62.2 Å². The maximum atomic E-state index is 14.0. The van der Waals surface area contributed by atoms with Crippen LogP contribution in [0, 0.1) is 19.7 Å². The molecular weight excluding hydrogens is 1700 g/mol.